The minimum atomic E-state index is 0.608. The quantitative estimate of drug-likeness (QED) is 0.145. The molecule has 0 aliphatic rings. The maximum Gasteiger partial charge on any atom is 0.162 e. The zero-order valence-electron chi connectivity index (χ0n) is 40.1. The fourth-order valence-corrected chi connectivity index (χ4v) is 10.1. The van der Waals surface area contributed by atoms with Crippen LogP contribution in [0, 0.1) is 27.7 Å². The Bertz CT molecular complexity index is 3730. The summed E-state index contributed by atoms with van der Waals surface area (Å²) in [5.41, 5.74) is 22.0. The second-order valence-corrected chi connectivity index (χ2v) is 18.6. The van der Waals surface area contributed by atoms with Crippen molar-refractivity contribution in [3.05, 3.63) is 247 Å². The van der Waals surface area contributed by atoms with E-state index in [0.29, 0.717) is 11.6 Å². The van der Waals surface area contributed by atoms with Gasteiger partial charge in [0.05, 0.1) is 39.5 Å². The summed E-state index contributed by atoms with van der Waals surface area (Å²) < 4.78 is 2.41. The Kier molecular flexibility index (Phi) is 11.0. The molecular weight excluding hydrogens is 863 g/mol. The second-order valence-electron chi connectivity index (χ2n) is 18.6. The first-order valence-electron chi connectivity index (χ1n) is 24.2. The van der Waals surface area contributed by atoms with Crippen molar-refractivity contribution in [2.45, 2.75) is 27.7 Å². The zero-order valence-corrected chi connectivity index (χ0v) is 40.1. The molecule has 0 saturated heterocycles. The minimum Gasteiger partial charge on any atom is -0.308 e. The summed E-state index contributed by atoms with van der Waals surface area (Å²) >= 11 is 0. The smallest absolute Gasteiger partial charge is 0.162 e. The van der Waals surface area contributed by atoms with Gasteiger partial charge in [0, 0.05) is 44.2 Å². The van der Waals surface area contributed by atoms with Crippen LogP contribution in [0.2, 0.25) is 0 Å². The predicted molar refractivity (Wildman–Crippen MR) is 294 cm³/mol. The Morgan fingerprint density at radius 3 is 1.11 bits per heavy atom. The summed E-state index contributed by atoms with van der Waals surface area (Å²) in [4.78, 5) is 21.4. The molecule has 0 bridgehead atoms. The normalized spacial score (nSPS) is 11.4. The lowest BCUT2D eigenvalue weighted by Gasteiger charge is -2.17. The number of aromatic nitrogens is 5. The van der Waals surface area contributed by atoms with Crippen LogP contribution in [0.5, 0.6) is 0 Å². The molecule has 0 amide bonds. The molecule has 9 aromatic carbocycles. The number of aryl methyl sites for hydroxylation is 4. The number of benzene rings is 9. The summed E-state index contributed by atoms with van der Waals surface area (Å²) in [6.45, 7) is 8.72. The Labute approximate surface area is 414 Å². The topological polar surface area (TPSA) is 56.5 Å². The first-order valence-corrected chi connectivity index (χ1v) is 24.2. The Balaban J connectivity index is 1.15. The SMILES string of the molecule is Cc1ccc(-c2ccc3c(c2)c2cc(-c4ccc(C)cc4C)ccc2n3-c2ccc(-c3cc(-c4ccccc4)nc(-c4ccccc4)n3)cc2-c2nc(-c3ccccc3)cc(-c3ccccc3)n2)c(C)c1. The van der Waals surface area contributed by atoms with E-state index in [9.17, 15) is 0 Å². The molecule has 0 atom stereocenters. The lowest BCUT2D eigenvalue weighted by molar-refractivity contribution is 1.13. The van der Waals surface area contributed by atoms with Crippen LogP contribution in [0.15, 0.2) is 224 Å². The minimum absolute atomic E-state index is 0.608. The van der Waals surface area contributed by atoms with Crippen molar-refractivity contribution < 1.29 is 0 Å². The van der Waals surface area contributed by atoms with E-state index in [1.165, 1.54) is 55.3 Å². The summed E-state index contributed by atoms with van der Waals surface area (Å²) in [5, 5.41) is 2.33. The van der Waals surface area contributed by atoms with E-state index in [2.05, 4.69) is 220 Å². The molecule has 0 radical (unpaired) electrons. The summed E-state index contributed by atoms with van der Waals surface area (Å²) in [7, 11) is 0. The molecule has 5 heteroatoms. The average Bonchev–Trinajstić information content (AvgIpc) is 3.74. The number of hydrogen-bond acceptors (Lipinski definition) is 4. The van der Waals surface area contributed by atoms with E-state index >= 15 is 0 Å². The van der Waals surface area contributed by atoms with Crippen molar-refractivity contribution in [3.63, 3.8) is 0 Å². The molecule has 71 heavy (non-hydrogen) atoms. The summed E-state index contributed by atoms with van der Waals surface area (Å²) in [6.07, 6.45) is 0. The van der Waals surface area contributed by atoms with Crippen LogP contribution >= 0.6 is 0 Å². The van der Waals surface area contributed by atoms with Crippen LogP contribution in [0.3, 0.4) is 0 Å². The third kappa shape index (κ3) is 8.28. The number of hydrogen-bond donors (Lipinski definition) is 0. The number of fused-ring (bicyclic) bond motifs is 3. The van der Waals surface area contributed by atoms with Crippen molar-refractivity contribution in [1.29, 1.82) is 0 Å². The maximum atomic E-state index is 5.48. The summed E-state index contributed by atoms with van der Waals surface area (Å²) in [6, 6.07) is 79.5. The molecule has 12 aromatic rings. The van der Waals surface area contributed by atoms with E-state index < -0.39 is 0 Å². The van der Waals surface area contributed by atoms with Gasteiger partial charge in [-0.05, 0) is 110 Å². The first-order chi connectivity index (χ1) is 34.8. The molecule has 0 aliphatic carbocycles. The van der Waals surface area contributed by atoms with Gasteiger partial charge in [0.25, 0.3) is 0 Å². The largest absolute Gasteiger partial charge is 0.308 e. The monoisotopic (exact) mass is 911 g/mol. The van der Waals surface area contributed by atoms with E-state index in [0.717, 1.165) is 72.9 Å². The molecule has 0 N–H and O–H groups in total. The third-order valence-corrected chi connectivity index (χ3v) is 13.6. The highest BCUT2D eigenvalue weighted by Gasteiger charge is 2.22. The third-order valence-electron chi connectivity index (χ3n) is 13.6. The predicted octanol–water partition coefficient (Wildman–Crippen LogP) is 16.9. The molecule has 5 nitrogen and oxygen atoms in total. The van der Waals surface area contributed by atoms with Crippen LogP contribution in [0.4, 0.5) is 0 Å². The van der Waals surface area contributed by atoms with E-state index in [1.54, 1.807) is 0 Å². The standard InChI is InChI=1S/C66H49N5/c1-42-25-30-53(44(3)35-42)50-27-32-62-55(37-50)56-38-51(54-31-26-43(2)36-45(54)4)28-33-63(56)71(62)64-34-29-52(61-41-58(46-17-9-5-10-18-46)67-65(68-61)49-23-15-8-16-24-49)39-57(64)66-69-59(47-19-11-6-12-20-47)40-60(70-66)48-21-13-7-14-22-48/h5-41H,1-4H3. The van der Waals surface area contributed by atoms with Crippen LogP contribution in [0.25, 0.3) is 118 Å². The molecule has 0 spiro atoms. The van der Waals surface area contributed by atoms with Gasteiger partial charge >= 0.3 is 0 Å². The van der Waals surface area contributed by atoms with Crippen LogP contribution in [-0.4, -0.2) is 24.5 Å². The van der Waals surface area contributed by atoms with Gasteiger partial charge < -0.3 is 4.57 Å². The van der Waals surface area contributed by atoms with Gasteiger partial charge in [-0.25, -0.2) is 19.9 Å². The maximum absolute atomic E-state index is 5.48. The van der Waals surface area contributed by atoms with Crippen molar-refractivity contribution in [2.75, 3.05) is 0 Å². The van der Waals surface area contributed by atoms with Gasteiger partial charge in [0.1, 0.15) is 0 Å². The van der Waals surface area contributed by atoms with E-state index in [4.69, 9.17) is 19.9 Å². The molecule has 0 saturated carbocycles. The molecular formula is C66H49N5. The molecule has 0 fully saturated rings. The van der Waals surface area contributed by atoms with Crippen molar-refractivity contribution >= 4 is 21.8 Å². The fraction of sp³-hybridized carbons (Fsp3) is 0.0606. The fourth-order valence-electron chi connectivity index (χ4n) is 10.1. The lowest BCUT2D eigenvalue weighted by atomic mass is 9.95. The Morgan fingerprint density at radius 1 is 0.282 bits per heavy atom. The lowest BCUT2D eigenvalue weighted by Crippen LogP contribution is -2.03. The first kappa shape index (κ1) is 43.2. The number of nitrogens with zero attached hydrogens (tertiary/aromatic N) is 5. The highest BCUT2D eigenvalue weighted by Crippen LogP contribution is 2.42. The highest BCUT2D eigenvalue weighted by atomic mass is 15.0. The number of rotatable bonds is 9. The van der Waals surface area contributed by atoms with Crippen LogP contribution in [0.1, 0.15) is 22.3 Å². The van der Waals surface area contributed by atoms with Gasteiger partial charge in [-0.3, -0.25) is 0 Å². The highest BCUT2D eigenvalue weighted by molar-refractivity contribution is 6.12. The summed E-state index contributed by atoms with van der Waals surface area (Å²) in [5.74, 6) is 1.26. The average molecular weight is 912 g/mol. The van der Waals surface area contributed by atoms with Crippen molar-refractivity contribution in [2.24, 2.45) is 0 Å². The molecule has 12 rings (SSSR count). The van der Waals surface area contributed by atoms with Gasteiger partial charge in [-0.15, -0.1) is 0 Å². The van der Waals surface area contributed by atoms with Crippen LogP contribution < -0.4 is 0 Å². The van der Waals surface area contributed by atoms with Gasteiger partial charge in [0.2, 0.25) is 0 Å². The Morgan fingerprint density at radius 2 is 0.676 bits per heavy atom. The zero-order chi connectivity index (χ0) is 48.0. The van der Waals surface area contributed by atoms with Crippen LogP contribution in [-0.2, 0) is 0 Å². The molecule has 0 aliphatic heterocycles. The van der Waals surface area contributed by atoms with E-state index in [1.807, 2.05) is 36.4 Å². The second kappa shape index (κ2) is 18.1. The van der Waals surface area contributed by atoms with Crippen molar-refractivity contribution in [1.82, 2.24) is 24.5 Å². The van der Waals surface area contributed by atoms with E-state index in [-0.39, 0.29) is 0 Å². The molecule has 338 valence electrons. The van der Waals surface area contributed by atoms with Gasteiger partial charge in [-0.1, -0.05) is 187 Å². The van der Waals surface area contributed by atoms with Gasteiger partial charge in [-0.2, -0.15) is 0 Å². The molecule has 3 heterocycles. The molecule has 3 aromatic heterocycles. The molecule has 0 unspecified atom stereocenters. The van der Waals surface area contributed by atoms with Crippen molar-refractivity contribution in [3.8, 4) is 95.7 Å². The van der Waals surface area contributed by atoms with Gasteiger partial charge in [0.15, 0.2) is 11.6 Å². The Hall–Kier alpha value is -9.06.